The second-order valence-electron chi connectivity index (χ2n) is 8.07. The number of hydrogen-bond donors (Lipinski definition) is 1. The molecule has 9 heteroatoms. The second-order valence-corrected chi connectivity index (χ2v) is 14.5. The zero-order valence-corrected chi connectivity index (χ0v) is 26.4. The maximum atomic E-state index is 4.67. The van der Waals surface area contributed by atoms with Crippen molar-refractivity contribution >= 4 is 15.7 Å². The fourth-order valence-electron chi connectivity index (χ4n) is 5.34. The molecule has 0 heterocycles. The topological polar surface area (TPSA) is 31.5 Å². The molecule has 0 radical (unpaired) electrons. The first-order valence-electron chi connectivity index (χ1n) is 13.9. The molecule has 0 saturated heterocycles. The molecule has 0 aliphatic carbocycles. The fraction of sp³-hybridized carbons (Fsp3) is 1.00. The van der Waals surface area contributed by atoms with Crippen molar-refractivity contribution in [1.29, 1.82) is 0 Å². The van der Waals surface area contributed by atoms with Crippen LogP contribution < -0.4 is 4.86 Å². The minimum Gasteiger partial charge on any atom is -0.131 e. The van der Waals surface area contributed by atoms with Gasteiger partial charge in [0.1, 0.15) is 0 Å². The molecule has 0 atom stereocenters. The molecule has 200 valence electrons. The molecule has 1 N–H and O–H groups in total. The van der Waals surface area contributed by atoms with Crippen molar-refractivity contribution in [2.24, 2.45) is 0 Å². The SMILES string of the molecule is CCN(CC)[P+](N[P+](N(CC)CC)(N(CC)CC)N(CC)CC)(N(CC)CC)N(CC)CC. The second kappa shape index (κ2) is 17.1. The van der Waals surface area contributed by atoms with E-state index in [0.29, 0.717) is 0 Å². The Morgan fingerprint density at radius 1 is 0.303 bits per heavy atom. The summed E-state index contributed by atoms with van der Waals surface area (Å²) in [7, 11) is -4.03. The maximum Gasteiger partial charge on any atom is 0.344 e. The zero-order valence-electron chi connectivity index (χ0n) is 24.6. The fourth-order valence-corrected chi connectivity index (χ4v) is 16.7. The van der Waals surface area contributed by atoms with E-state index in [2.05, 4.69) is 116 Å². The van der Waals surface area contributed by atoms with Gasteiger partial charge in [-0.25, -0.2) is 0 Å². The van der Waals surface area contributed by atoms with Crippen molar-refractivity contribution in [2.45, 2.75) is 83.1 Å². The van der Waals surface area contributed by atoms with Crippen molar-refractivity contribution in [2.75, 3.05) is 78.5 Å². The summed E-state index contributed by atoms with van der Waals surface area (Å²) in [5.41, 5.74) is 0. The lowest BCUT2D eigenvalue weighted by Crippen LogP contribution is -2.58. The van der Waals surface area contributed by atoms with Gasteiger partial charge in [0.2, 0.25) is 0 Å². The third kappa shape index (κ3) is 6.87. The molecule has 0 bridgehead atoms. The Balaban J connectivity index is 7.54. The molecule has 0 saturated carbocycles. The largest absolute Gasteiger partial charge is 0.344 e. The first-order valence-corrected chi connectivity index (χ1v) is 17.2. The maximum absolute atomic E-state index is 4.67. The highest BCUT2D eigenvalue weighted by Crippen LogP contribution is 2.76. The summed E-state index contributed by atoms with van der Waals surface area (Å²) in [5.74, 6) is 0. The zero-order chi connectivity index (χ0) is 25.7. The summed E-state index contributed by atoms with van der Waals surface area (Å²) in [6, 6.07) is 0. The van der Waals surface area contributed by atoms with Crippen LogP contribution in [0.15, 0.2) is 0 Å². The highest BCUT2D eigenvalue weighted by atomic mass is 31.3. The summed E-state index contributed by atoms with van der Waals surface area (Å²) >= 11 is 0. The summed E-state index contributed by atoms with van der Waals surface area (Å²) in [6.07, 6.45) is 0. The Bertz CT molecular complexity index is 369. The van der Waals surface area contributed by atoms with Gasteiger partial charge in [0.05, 0.1) is 0 Å². The average Bonchev–Trinajstić information content (AvgIpc) is 2.83. The average molecular weight is 510 g/mol. The minimum atomic E-state index is -2.01. The lowest BCUT2D eigenvalue weighted by molar-refractivity contribution is 0.301. The van der Waals surface area contributed by atoms with E-state index in [0.717, 1.165) is 78.5 Å². The van der Waals surface area contributed by atoms with Crippen molar-refractivity contribution < 1.29 is 0 Å². The quantitative estimate of drug-likeness (QED) is 0.202. The van der Waals surface area contributed by atoms with Crippen LogP contribution in [0.5, 0.6) is 0 Å². The van der Waals surface area contributed by atoms with Gasteiger partial charge in [-0.15, -0.1) is 28.0 Å². The molecular formula is C24H61N7P2+2. The molecule has 0 amide bonds. The van der Waals surface area contributed by atoms with E-state index in [-0.39, 0.29) is 0 Å². The summed E-state index contributed by atoms with van der Waals surface area (Å²) < 4.78 is 16.7. The number of hydrogen-bond acceptors (Lipinski definition) is 7. The van der Waals surface area contributed by atoms with Gasteiger partial charge in [-0.3, -0.25) is 0 Å². The van der Waals surface area contributed by atoms with Crippen molar-refractivity contribution in [3.05, 3.63) is 0 Å². The molecule has 0 spiro atoms. The van der Waals surface area contributed by atoms with Crippen molar-refractivity contribution in [3.8, 4) is 0 Å². The molecule has 0 aromatic heterocycles. The highest BCUT2D eigenvalue weighted by Gasteiger charge is 2.68. The molecular weight excluding hydrogens is 448 g/mol. The first-order chi connectivity index (χ1) is 15.8. The Labute approximate surface area is 210 Å². The third-order valence-corrected chi connectivity index (χ3v) is 17.3. The van der Waals surface area contributed by atoms with Crippen LogP contribution in [-0.2, 0) is 0 Å². The standard InChI is InChI=1S/C24H61N7P2/c1-13-26(14-2)32(27(15-3)16-4,28(17-5)18-6)25-33(29(19-7)20-8,30(21-9)22-10)31(23-11)24-12/h25H,13-24H2,1-12H3/q+2. The van der Waals surface area contributed by atoms with Crippen molar-refractivity contribution in [1.82, 2.24) is 32.9 Å². The van der Waals surface area contributed by atoms with Crippen LogP contribution in [0.25, 0.3) is 0 Å². The first kappa shape index (κ1) is 33.6. The van der Waals surface area contributed by atoms with Gasteiger partial charge in [-0.2, -0.15) is 0 Å². The highest BCUT2D eigenvalue weighted by molar-refractivity contribution is 7.82. The van der Waals surface area contributed by atoms with Crippen LogP contribution >= 0.6 is 15.7 Å². The predicted octanol–water partition coefficient (Wildman–Crippen LogP) is 5.98. The minimum absolute atomic E-state index is 1.05. The Morgan fingerprint density at radius 3 is 0.515 bits per heavy atom. The molecule has 0 aliphatic heterocycles. The van der Waals surface area contributed by atoms with Gasteiger partial charge in [-0.05, 0) is 83.1 Å². The monoisotopic (exact) mass is 509 g/mol. The van der Waals surface area contributed by atoms with Crippen LogP contribution in [-0.4, -0.2) is 107 Å². The van der Waals surface area contributed by atoms with E-state index in [1.165, 1.54) is 0 Å². The summed E-state index contributed by atoms with van der Waals surface area (Å²) in [4.78, 5) is 4.67. The van der Waals surface area contributed by atoms with E-state index in [9.17, 15) is 0 Å². The molecule has 0 aliphatic rings. The van der Waals surface area contributed by atoms with E-state index in [1.807, 2.05) is 0 Å². The van der Waals surface area contributed by atoms with Gasteiger partial charge in [0, 0.05) is 83.4 Å². The Hall–Kier alpha value is 0.580. The van der Waals surface area contributed by atoms with Crippen LogP contribution in [0.2, 0.25) is 0 Å². The van der Waals surface area contributed by atoms with Gasteiger partial charge in [0.25, 0.3) is 0 Å². The lowest BCUT2D eigenvalue weighted by atomic mass is 10.7. The summed E-state index contributed by atoms with van der Waals surface area (Å²) in [5, 5.41) is 0. The normalized spacial score (nSPS) is 13.6. The van der Waals surface area contributed by atoms with Crippen LogP contribution in [0.1, 0.15) is 83.1 Å². The molecule has 7 nitrogen and oxygen atoms in total. The molecule has 0 unspecified atom stereocenters. The number of nitrogens with zero attached hydrogens (tertiary/aromatic N) is 6. The number of nitrogens with one attached hydrogen (secondary N) is 1. The lowest BCUT2D eigenvalue weighted by Gasteiger charge is -2.51. The van der Waals surface area contributed by atoms with E-state index >= 15 is 0 Å². The van der Waals surface area contributed by atoms with Gasteiger partial charge in [0.15, 0.2) is 0 Å². The molecule has 0 aromatic carbocycles. The van der Waals surface area contributed by atoms with Crippen LogP contribution in [0, 0.1) is 0 Å². The Kier molecular flexibility index (Phi) is 17.4. The smallest absolute Gasteiger partial charge is 0.131 e. The van der Waals surface area contributed by atoms with Crippen LogP contribution in [0.3, 0.4) is 0 Å². The van der Waals surface area contributed by atoms with Gasteiger partial charge in [-0.1, -0.05) is 0 Å². The predicted molar refractivity (Wildman–Crippen MR) is 155 cm³/mol. The van der Waals surface area contributed by atoms with E-state index in [4.69, 9.17) is 0 Å². The molecule has 0 aromatic rings. The molecule has 0 fully saturated rings. The van der Waals surface area contributed by atoms with Crippen LogP contribution in [0.4, 0.5) is 0 Å². The van der Waals surface area contributed by atoms with Crippen molar-refractivity contribution in [3.63, 3.8) is 0 Å². The van der Waals surface area contributed by atoms with Gasteiger partial charge < -0.3 is 0 Å². The van der Waals surface area contributed by atoms with Gasteiger partial charge >= 0.3 is 15.7 Å². The third-order valence-electron chi connectivity index (χ3n) is 7.02. The Morgan fingerprint density at radius 2 is 0.424 bits per heavy atom. The number of rotatable bonds is 20. The summed E-state index contributed by atoms with van der Waals surface area (Å²) in [6.45, 7) is 40.8. The molecule has 33 heavy (non-hydrogen) atoms. The van der Waals surface area contributed by atoms with E-state index < -0.39 is 15.7 Å². The van der Waals surface area contributed by atoms with E-state index in [1.54, 1.807) is 0 Å². The molecule has 0 rings (SSSR count).